The summed E-state index contributed by atoms with van der Waals surface area (Å²) < 4.78 is 0. The van der Waals surface area contributed by atoms with Gasteiger partial charge in [-0.1, -0.05) is 24.3 Å². The topological polar surface area (TPSA) is 29.0 Å². The molecule has 1 aromatic carbocycles. The van der Waals surface area contributed by atoms with Crippen molar-refractivity contribution in [2.75, 3.05) is 19.6 Å². The predicted octanol–water partition coefficient (Wildman–Crippen LogP) is 3.76. The van der Waals surface area contributed by atoms with Crippen LogP contribution in [-0.2, 0) is 5.41 Å². The van der Waals surface area contributed by atoms with Crippen molar-refractivity contribution < 1.29 is 0 Å². The molecule has 2 aliphatic carbocycles. The number of likely N-dealkylation sites (tertiary alicyclic amines) is 1. The molecule has 0 N–H and O–H groups in total. The van der Waals surface area contributed by atoms with E-state index >= 15 is 0 Å². The van der Waals surface area contributed by atoms with E-state index in [0.29, 0.717) is 11.3 Å². The van der Waals surface area contributed by atoms with Gasteiger partial charge in [0.2, 0.25) is 0 Å². The Morgan fingerprint density at radius 3 is 2.54 bits per heavy atom. The van der Waals surface area contributed by atoms with E-state index in [4.69, 9.17) is 0 Å². The first-order valence-electron chi connectivity index (χ1n) is 9.41. The van der Waals surface area contributed by atoms with Gasteiger partial charge < -0.3 is 4.90 Å². The summed E-state index contributed by atoms with van der Waals surface area (Å²) in [6, 6.07) is 9.13. The van der Waals surface area contributed by atoms with Gasteiger partial charge in [-0.25, -0.2) is 9.97 Å². The first-order valence-corrected chi connectivity index (χ1v) is 9.41. The van der Waals surface area contributed by atoms with Gasteiger partial charge in [0.1, 0.15) is 6.33 Å². The first kappa shape index (κ1) is 14.6. The van der Waals surface area contributed by atoms with E-state index in [1.165, 1.54) is 62.9 Å². The molecule has 2 aromatic rings. The van der Waals surface area contributed by atoms with Gasteiger partial charge in [-0.05, 0) is 73.2 Å². The minimum Gasteiger partial charge on any atom is -0.303 e. The van der Waals surface area contributed by atoms with E-state index in [1.807, 2.05) is 12.4 Å². The third-order valence-electron chi connectivity index (χ3n) is 6.51. The molecular weight excluding hydrogens is 294 g/mol. The molecule has 1 saturated carbocycles. The van der Waals surface area contributed by atoms with Crippen molar-refractivity contribution >= 4 is 0 Å². The van der Waals surface area contributed by atoms with Crippen LogP contribution in [-0.4, -0.2) is 34.5 Å². The summed E-state index contributed by atoms with van der Waals surface area (Å²) in [6.07, 6.45) is 12.4. The van der Waals surface area contributed by atoms with Crippen molar-refractivity contribution in [1.82, 2.24) is 14.9 Å². The number of rotatable bonds is 3. The number of hydrogen-bond acceptors (Lipinski definition) is 3. The molecule has 1 spiro atoms. The predicted molar refractivity (Wildman–Crippen MR) is 95.0 cm³/mol. The maximum atomic E-state index is 4.27. The third-order valence-corrected chi connectivity index (χ3v) is 6.51. The molecule has 3 aliphatic rings. The minimum absolute atomic E-state index is 0.372. The van der Waals surface area contributed by atoms with Crippen LogP contribution in [0.1, 0.15) is 54.7 Å². The fraction of sp³-hybridized carbons (Fsp3) is 0.524. The maximum Gasteiger partial charge on any atom is 0.115 e. The molecule has 0 bridgehead atoms. The zero-order valence-electron chi connectivity index (χ0n) is 14.2. The van der Waals surface area contributed by atoms with Crippen LogP contribution >= 0.6 is 0 Å². The number of piperidine rings is 1. The normalized spacial score (nSPS) is 25.8. The SMILES string of the molecule is c1ccc2c(c1)C(c1cncnc1)CC21CCN(CC2CC2)CC1. The van der Waals surface area contributed by atoms with Crippen LogP contribution < -0.4 is 0 Å². The second-order valence-electron chi connectivity index (χ2n) is 8.04. The number of aromatic nitrogens is 2. The lowest BCUT2D eigenvalue weighted by atomic mass is 9.73. The molecule has 3 heteroatoms. The summed E-state index contributed by atoms with van der Waals surface area (Å²) in [5, 5.41) is 0. The Balaban J connectivity index is 1.43. The van der Waals surface area contributed by atoms with Gasteiger partial charge in [0.25, 0.3) is 0 Å². The summed E-state index contributed by atoms with van der Waals surface area (Å²) in [6.45, 7) is 3.87. The maximum absolute atomic E-state index is 4.27. The van der Waals surface area contributed by atoms with Crippen LogP contribution in [0.3, 0.4) is 0 Å². The lowest BCUT2D eigenvalue weighted by molar-refractivity contribution is 0.151. The molecule has 1 unspecified atom stereocenters. The lowest BCUT2D eigenvalue weighted by Gasteiger charge is -2.40. The van der Waals surface area contributed by atoms with Gasteiger partial charge in [0.05, 0.1) is 0 Å². The first-order chi connectivity index (χ1) is 11.8. The van der Waals surface area contributed by atoms with Gasteiger partial charge >= 0.3 is 0 Å². The highest BCUT2D eigenvalue weighted by Gasteiger charge is 2.46. The fourth-order valence-electron chi connectivity index (χ4n) is 4.99. The monoisotopic (exact) mass is 319 g/mol. The Kier molecular flexibility index (Phi) is 3.44. The van der Waals surface area contributed by atoms with Gasteiger partial charge in [0, 0.05) is 24.9 Å². The van der Waals surface area contributed by atoms with Crippen LogP contribution in [0.2, 0.25) is 0 Å². The quantitative estimate of drug-likeness (QED) is 0.862. The summed E-state index contributed by atoms with van der Waals surface area (Å²) in [4.78, 5) is 11.2. The van der Waals surface area contributed by atoms with E-state index < -0.39 is 0 Å². The van der Waals surface area contributed by atoms with Gasteiger partial charge in [-0.15, -0.1) is 0 Å². The molecule has 2 fully saturated rings. The molecule has 1 saturated heterocycles. The number of benzene rings is 1. The highest BCUT2D eigenvalue weighted by molar-refractivity contribution is 5.47. The second-order valence-corrected chi connectivity index (χ2v) is 8.04. The van der Waals surface area contributed by atoms with Gasteiger partial charge in [-0.3, -0.25) is 0 Å². The van der Waals surface area contributed by atoms with Crippen molar-refractivity contribution in [2.45, 2.75) is 43.4 Å². The van der Waals surface area contributed by atoms with E-state index in [9.17, 15) is 0 Å². The zero-order chi connectivity index (χ0) is 16.0. The molecule has 124 valence electrons. The summed E-state index contributed by atoms with van der Waals surface area (Å²) in [7, 11) is 0. The molecule has 2 heterocycles. The lowest BCUT2D eigenvalue weighted by Crippen LogP contribution is -2.42. The Morgan fingerprint density at radius 2 is 1.79 bits per heavy atom. The van der Waals surface area contributed by atoms with Gasteiger partial charge in [-0.2, -0.15) is 0 Å². The molecular formula is C21H25N3. The fourth-order valence-corrected chi connectivity index (χ4v) is 4.99. The van der Waals surface area contributed by atoms with Crippen molar-refractivity contribution in [2.24, 2.45) is 5.92 Å². The van der Waals surface area contributed by atoms with Crippen LogP contribution in [0, 0.1) is 5.92 Å². The Labute approximate surface area is 144 Å². The zero-order valence-corrected chi connectivity index (χ0v) is 14.2. The smallest absolute Gasteiger partial charge is 0.115 e. The third kappa shape index (κ3) is 2.46. The molecule has 1 aromatic heterocycles. The average molecular weight is 319 g/mol. The summed E-state index contributed by atoms with van der Waals surface area (Å²) in [5.41, 5.74) is 4.77. The molecule has 1 aliphatic heterocycles. The van der Waals surface area contributed by atoms with Gasteiger partial charge in [0.15, 0.2) is 0 Å². The average Bonchev–Trinajstić information content (AvgIpc) is 3.41. The Hall–Kier alpha value is -1.74. The second kappa shape index (κ2) is 5.66. The van der Waals surface area contributed by atoms with Crippen molar-refractivity contribution in [3.63, 3.8) is 0 Å². The molecule has 0 amide bonds. The van der Waals surface area contributed by atoms with E-state index in [-0.39, 0.29) is 0 Å². The van der Waals surface area contributed by atoms with Crippen LogP contribution in [0.15, 0.2) is 43.0 Å². The van der Waals surface area contributed by atoms with Crippen LogP contribution in [0.4, 0.5) is 0 Å². The molecule has 24 heavy (non-hydrogen) atoms. The van der Waals surface area contributed by atoms with E-state index in [2.05, 4.69) is 39.1 Å². The van der Waals surface area contributed by atoms with E-state index in [1.54, 1.807) is 11.9 Å². The van der Waals surface area contributed by atoms with Crippen molar-refractivity contribution in [3.05, 3.63) is 59.7 Å². The summed E-state index contributed by atoms with van der Waals surface area (Å²) >= 11 is 0. The Bertz CT molecular complexity index is 715. The largest absolute Gasteiger partial charge is 0.303 e. The number of hydrogen-bond donors (Lipinski definition) is 0. The number of fused-ring (bicyclic) bond motifs is 2. The highest BCUT2D eigenvalue weighted by Crippen LogP contribution is 2.53. The molecule has 1 atom stereocenters. The van der Waals surface area contributed by atoms with Crippen molar-refractivity contribution in [1.29, 1.82) is 0 Å². The van der Waals surface area contributed by atoms with Crippen LogP contribution in [0.5, 0.6) is 0 Å². The molecule has 0 radical (unpaired) electrons. The minimum atomic E-state index is 0.372. The molecule has 3 nitrogen and oxygen atoms in total. The van der Waals surface area contributed by atoms with Crippen LogP contribution in [0.25, 0.3) is 0 Å². The summed E-state index contributed by atoms with van der Waals surface area (Å²) in [5.74, 6) is 1.47. The number of nitrogens with zero attached hydrogens (tertiary/aromatic N) is 3. The van der Waals surface area contributed by atoms with E-state index in [0.717, 1.165) is 5.92 Å². The van der Waals surface area contributed by atoms with Crippen molar-refractivity contribution in [3.8, 4) is 0 Å². The standard InChI is InChI=1S/C21H25N3/c1-2-4-20-18(3-1)19(17-12-22-15-23-13-17)11-21(20)7-9-24(10-8-21)14-16-5-6-16/h1-4,12-13,15-16,19H,5-11,14H2. The molecule has 5 rings (SSSR count). The highest BCUT2D eigenvalue weighted by atomic mass is 15.1. The Morgan fingerprint density at radius 1 is 1.04 bits per heavy atom.